The maximum absolute atomic E-state index is 10.5. The lowest BCUT2D eigenvalue weighted by Crippen LogP contribution is -2.25. The first kappa shape index (κ1) is 22.1. The van der Waals surface area contributed by atoms with Gasteiger partial charge in [-0.15, -0.1) is 0 Å². The van der Waals surface area contributed by atoms with Crippen LogP contribution in [0.1, 0.15) is 6.92 Å². The summed E-state index contributed by atoms with van der Waals surface area (Å²) in [5.41, 5.74) is 17.2. The van der Waals surface area contributed by atoms with Crippen molar-refractivity contribution < 1.29 is 14.4 Å². The Morgan fingerprint density at radius 2 is 1.52 bits per heavy atom. The molecule has 0 spiro atoms. The number of nitrogen functional groups attached to an aromatic ring is 2. The van der Waals surface area contributed by atoms with Crippen molar-refractivity contribution in [2.45, 2.75) is 6.92 Å². The highest BCUT2D eigenvalue weighted by atomic mass is 16.6. The van der Waals surface area contributed by atoms with Gasteiger partial charge in [0.2, 0.25) is 5.91 Å². The molecule has 0 atom stereocenters. The number of nitrogens with one attached hydrogen (secondary N) is 3. The van der Waals surface area contributed by atoms with Crippen LogP contribution in [0.2, 0.25) is 0 Å². The Labute approximate surface area is 160 Å². The van der Waals surface area contributed by atoms with E-state index < -0.39 is 0 Å². The van der Waals surface area contributed by atoms with E-state index >= 15 is 0 Å². The zero-order chi connectivity index (χ0) is 19.9. The van der Waals surface area contributed by atoms with Crippen molar-refractivity contribution >= 4 is 28.7 Å². The minimum atomic E-state index is -0.0715. The number of amides is 1. The van der Waals surface area contributed by atoms with E-state index in [1.54, 1.807) is 13.2 Å². The van der Waals surface area contributed by atoms with Crippen molar-refractivity contribution in [3.63, 3.8) is 0 Å². The fraction of sp³-hybridized carbons (Fsp3) is 0.316. The first-order valence-electron chi connectivity index (χ1n) is 8.58. The van der Waals surface area contributed by atoms with Crippen molar-refractivity contribution in [3.8, 4) is 0 Å². The van der Waals surface area contributed by atoms with Gasteiger partial charge < -0.3 is 26.8 Å². The summed E-state index contributed by atoms with van der Waals surface area (Å²) in [7, 11) is 1.68. The van der Waals surface area contributed by atoms with Crippen molar-refractivity contribution in [1.82, 2.24) is 5.32 Å². The fourth-order valence-electron chi connectivity index (χ4n) is 1.94. The summed E-state index contributed by atoms with van der Waals surface area (Å²) in [5.74, 6) is -0.0715. The summed E-state index contributed by atoms with van der Waals surface area (Å²) < 4.78 is 4.90. The topological polar surface area (TPSA) is 124 Å². The summed E-state index contributed by atoms with van der Waals surface area (Å²) in [5, 5.41) is 5.78. The number of hydrogen-bond acceptors (Lipinski definition) is 7. The van der Waals surface area contributed by atoms with Crippen molar-refractivity contribution in [2.24, 2.45) is 0 Å². The quantitative estimate of drug-likeness (QED) is 0.258. The molecule has 0 aliphatic carbocycles. The molecule has 0 bridgehead atoms. The van der Waals surface area contributed by atoms with Crippen LogP contribution in [-0.2, 0) is 14.4 Å². The van der Waals surface area contributed by atoms with Gasteiger partial charge in [-0.1, -0.05) is 24.3 Å². The number of benzene rings is 2. The van der Waals surface area contributed by atoms with Gasteiger partial charge in [0.1, 0.15) is 0 Å². The van der Waals surface area contributed by atoms with Crippen LogP contribution in [0, 0.1) is 0 Å². The number of carbonyl (C=O) groups is 1. The van der Waals surface area contributed by atoms with E-state index in [0.717, 1.165) is 23.6 Å². The molecule has 0 radical (unpaired) electrons. The van der Waals surface area contributed by atoms with Crippen LogP contribution in [-0.4, -0.2) is 39.3 Å². The second-order valence-corrected chi connectivity index (χ2v) is 5.53. The molecule has 0 aromatic heterocycles. The number of hydrogen-bond donors (Lipinski definition) is 5. The van der Waals surface area contributed by atoms with Crippen LogP contribution in [0.15, 0.2) is 48.5 Å². The maximum Gasteiger partial charge on any atom is 0.216 e. The van der Waals surface area contributed by atoms with E-state index in [4.69, 9.17) is 21.0 Å². The van der Waals surface area contributed by atoms with Crippen molar-refractivity contribution in [1.29, 1.82) is 0 Å². The number of para-hydroxylation sites is 4. The first-order valence-corrected chi connectivity index (χ1v) is 8.58. The van der Waals surface area contributed by atoms with E-state index in [9.17, 15) is 4.79 Å². The van der Waals surface area contributed by atoms with Crippen LogP contribution >= 0.6 is 0 Å². The van der Waals surface area contributed by atoms with Gasteiger partial charge in [-0.25, -0.2) is 0 Å². The van der Waals surface area contributed by atoms with Crippen molar-refractivity contribution in [3.05, 3.63) is 48.5 Å². The van der Waals surface area contributed by atoms with Gasteiger partial charge in [0, 0.05) is 27.1 Å². The predicted molar refractivity (Wildman–Crippen MR) is 110 cm³/mol. The second-order valence-electron chi connectivity index (χ2n) is 5.53. The third-order valence-electron chi connectivity index (χ3n) is 3.30. The van der Waals surface area contributed by atoms with Gasteiger partial charge in [0.05, 0.1) is 36.0 Å². The number of nitrogens with two attached hydrogens (primary N) is 2. The van der Waals surface area contributed by atoms with Gasteiger partial charge in [0.15, 0.2) is 0 Å². The SMILES string of the molecule is CC(=O)NCCONc1ccccc1N.COCCNc1ccccc1N. The average Bonchev–Trinajstić information content (AvgIpc) is 2.65. The zero-order valence-electron chi connectivity index (χ0n) is 15.8. The predicted octanol–water partition coefficient (Wildman–Crippen LogP) is 2.08. The van der Waals surface area contributed by atoms with Gasteiger partial charge >= 0.3 is 0 Å². The highest BCUT2D eigenvalue weighted by Gasteiger charge is 1.96. The molecule has 0 saturated heterocycles. The van der Waals surface area contributed by atoms with E-state index in [0.29, 0.717) is 25.4 Å². The molecule has 27 heavy (non-hydrogen) atoms. The molecule has 0 aliphatic heterocycles. The number of rotatable bonds is 9. The molecule has 8 nitrogen and oxygen atoms in total. The highest BCUT2D eigenvalue weighted by Crippen LogP contribution is 2.16. The smallest absolute Gasteiger partial charge is 0.216 e. The lowest BCUT2D eigenvalue weighted by atomic mass is 10.3. The van der Waals surface area contributed by atoms with Crippen LogP contribution in [0.5, 0.6) is 0 Å². The molecule has 0 heterocycles. The van der Waals surface area contributed by atoms with Gasteiger partial charge in [-0.05, 0) is 24.3 Å². The summed E-state index contributed by atoms with van der Waals surface area (Å²) in [6.07, 6.45) is 0. The lowest BCUT2D eigenvalue weighted by molar-refractivity contribution is -0.119. The Kier molecular flexibility index (Phi) is 10.8. The molecular weight excluding hydrogens is 346 g/mol. The van der Waals surface area contributed by atoms with Crippen LogP contribution in [0.4, 0.5) is 22.7 Å². The standard InChI is InChI=1S/C10H15N3O2.C9H14N2O/c1-8(14)12-6-7-15-13-10-5-3-2-4-9(10)11;1-12-7-6-11-9-5-3-2-4-8(9)10/h2-5,13H,6-7,11H2,1H3,(H,12,14);2-5,11H,6-7,10H2,1H3. The van der Waals surface area contributed by atoms with Gasteiger partial charge in [-0.3, -0.25) is 15.1 Å². The Morgan fingerprint density at radius 3 is 2.07 bits per heavy atom. The minimum Gasteiger partial charge on any atom is -0.397 e. The number of methoxy groups -OCH3 is 1. The van der Waals surface area contributed by atoms with Crippen molar-refractivity contribution in [2.75, 3.05) is 55.7 Å². The Bertz CT molecular complexity index is 682. The van der Waals surface area contributed by atoms with Gasteiger partial charge in [-0.2, -0.15) is 0 Å². The minimum absolute atomic E-state index is 0.0715. The van der Waals surface area contributed by atoms with Gasteiger partial charge in [0.25, 0.3) is 0 Å². The number of ether oxygens (including phenoxy) is 1. The molecule has 2 aromatic rings. The molecule has 2 rings (SSSR count). The normalized spacial score (nSPS) is 9.70. The molecule has 0 saturated carbocycles. The molecule has 1 amide bonds. The number of anilines is 4. The third-order valence-corrected chi connectivity index (χ3v) is 3.30. The van der Waals surface area contributed by atoms with E-state index in [1.165, 1.54) is 6.92 Å². The number of carbonyl (C=O) groups excluding carboxylic acids is 1. The van der Waals surface area contributed by atoms with Crippen LogP contribution < -0.4 is 27.6 Å². The summed E-state index contributed by atoms with van der Waals surface area (Å²) in [6.45, 7) is 3.78. The maximum atomic E-state index is 10.5. The highest BCUT2D eigenvalue weighted by molar-refractivity contribution is 5.72. The molecule has 0 aliphatic rings. The molecular formula is C19H29N5O3. The lowest BCUT2D eigenvalue weighted by Gasteiger charge is -2.09. The Balaban J connectivity index is 0.000000277. The molecule has 7 N–H and O–H groups in total. The summed E-state index contributed by atoms with van der Waals surface area (Å²) in [4.78, 5) is 15.6. The molecule has 2 aromatic carbocycles. The molecule has 0 fully saturated rings. The average molecular weight is 375 g/mol. The largest absolute Gasteiger partial charge is 0.397 e. The Morgan fingerprint density at radius 1 is 0.926 bits per heavy atom. The second kappa shape index (κ2) is 13.3. The van der Waals surface area contributed by atoms with Crippen LogP contribution in [0.3, 0.4) is 0 Å². The van der Waals surface area contributed by atoms with E-state index in [-0.39, 0.29) is 5.91 Å². The Hall–Kier alpha value is -2.97. The molecule has 8 heteroatoms. The summed E-state index contributed by atoms with van der Waals surface area (Å²) >= 11 is 0. The zero-order valence-corrected chi connectivity index (χ0v) is 15.8. The monoisotopic (exact) mass is 375 g/mol. The fourth-order valence-corrected chi connectivity index (χ4v) is 1.94. The van der Waals surface area contributed by atoms with E-state index in [2.05, 4.69) is 16.1 Å². The first-order chi connectivity index (χ1) is 13.0. The third kappa shape index (κ3) is 9.93. The van der Waals surface area contributed by atoms with E-state index in [1.807, 2.05) is 42.5 Å². The van der Waals surface area contributed by atoms with Crippen LogP contribution in [0.25, 0.3) is 0 Å². The molecule has 148 valence electrons. The molecule has 0 unspecified atom stereocenters. The summed E-state index contributed by atoms with van der Waals surface area (Å²) in [6, 6.07) is 15.0.